The van der Waals surface area contributed by atoms with E-state index in [9.17, 15) is 9.59 Å². The zero-order valence-corrected chi connectivity index (χ0v) is 13.5. The van der Waals surface area contributed by atoms with E-state index in [1.165, 1.54) is 0 Å². The molecule has 1 atom stereocenters. The minimum Gasteiger partial charge on any atom is -0.444 e. The number of nitrogens with one attached hydrogen (secondary N) is 1. The predicted octanol–water partition coefficient (Wildman–Crippen LogP) is 2.35. The average Bonchev–Trinajstić information content (AvgIpc) is 2.61. The van der Waals surface area contributed by atoms with Crippen molar-refractivity contribution in [2.24, 2.45) is 0 Å². The van der Waals surface area contributed by atoms with Gasteiger partial charge in [0, 0.05) is 19.5 Å². The Labute approximate surface area is 131 Å². The molecule has 1 unspecified atom stereocenters. The first-order valence-corrected chi connectivity index (χ1v) is 7.65. The van der Waals surface area contributed by atoms with Crippen LogP contribution in [0.15, 0.2) is 30.3 Å². The molecule has 1 aliphatic rings. The number of benzene rings is 1. The van der Waals surface area contributed by atoms with Gasteiger partial charge >= 0.3 is 6.09 Å². The van der Waals surface area contributed by atoms with Crippen LogP contribution in [0.4, 0.5) is 4.79 Å². The van der Waals surface area contributed by atoms with Gasteiger partial charge in [0.25, 0.3) is 0 Å². The Hall–Kier alpha value is -2.04. The van der Waals surface area contributed by atoms with Gasteiger partial charge in [0.15, 0.2) is 0 Å². The Kier molecular flexibility index (Phi) is 5.06. The maximum absolute atomic E-state index is 12.4. The summed E-state index contributed by atoms with van der Waals surface area (Å²) in [5.41, 5.74) is 0.593. The fourth-order valence-corrected chi connectivity index (χ4v) is 2.46. The van der Waals surface area contributed by atoms with Gasteiger partial charge in [0.1, 0.15) is 5.60 Å². The van der Waals surface area contributed by atoms with E-state index in [1.807, 2.05) is 51.1 Å². The van der Waals surface area contributed by atoms with Crippen molar-refractivity contribution < 1.29 is 14.3 Å². The van der Waals surface area contributed by atoms with Crippen LogP contribution in [-0.4, -0.2) is 41.6 Å². The molecule has 5 nitrogen and oxygen atoms in total. The molecule has 0 aliphatic carbocycles. The second-order valence-electron chi connectivity index (χ2n) is 6.57. The van der Waals surface area contributed by atoms with Crippen LogP contribution in [0.2, 0.25) is 0 Å². The summed E-state index contributed by atoms with van der Waals surface area (Å²) in [7, 11) is 0. The molecule has 2 rings (SSSR count). The van der Waals surface area contributed by atoms with Crippen molar-refractivity contribution in [3.05, 3.63) is 35.9 Å². The third-order valence-corrected chi connectivity index (χ3v) is 3.50. The van der Waals surface area contributed by atoms with Gasteiger partial charge in [-0.2, -0.15) is 0 Å². The lowest BCUT2D eigenvalue weighted by atomic mass is 10.0. The highest BCUT2D eigenvalue weighted by Gasteiger charge is 2.31. The highest BCUT2D eigenvalue weighted by Crippen LogP contribution is 2.16. The molecule has 0 aromatic heterocycles. The third kappa shape index (κ3) is 4.76. The zero-order valence-electron chi connectivity index (χ0n) is 13.5. The highest BCUT2D eigenvalue weighted by atomic mass is 16.6. The van der Waals surface area contributed by atoms with E-state index in [4.69, 9.17) is 4.74 Å². The summed E-state index contributed by atoms with van der Waals surface area (Å²) in [4.78, 5) is 25.8. The summed E-state index contributed by atoms with van der Waals surface area (Å²) >= 11 is 0. The highest BCUT2D eigenvalue weighted by molar-refractivity contribution is 5.78. The van der Waals surface area contributed by atoms with E-state index < -0.39 is 5.60 Å². The van der Waals surface area contributed by atoms with Gasteiger partial charge in [0.2, 0.25) is 5.91 Å². The molecule has 1 aromatic carbocycles. The first kappa shape index (κ1) is 16.3. The Morgan fingerprint density at radius 3 is 2.64 bits per heavy atom. The van der Waals surface area contributed by atoms with Crippen molar-refractivity contribution in [2.75, 3.05) is 13.1 Å². The maximum atomic E-state index is 12.4. The Balaban J connectivity index is 2.14. The molecule has 2 amide bonds. The van der Waals surface area contributed by atoms with Gasteiger partial charge in [-0.05, 0) is 32.8 Å². The van der Waals surface area contributed by atoms with Crippen molar-refractivity contribution >= 4 is 12.0 Å². The molecule has 5 heteroatoms. The van der Waals surface area contributed by atoms with Gasteiger partial charge in [-0.3, -0.25) is 4.79 Å². The van der Waals surface area contributed by atoms with Crippen molar-refractivity contribution in [1.82, 2.24) is 10.2 Å². The maximum Gasteiger partial charge on any atom is 0.410 e. The lowest BCUT2D eigenvalue weighted by Crippen LogP contribution is -2.47. The van der Waals surface area contributed by atoms with Gasteiger partial charge in [-0.25, -0.2) is 4.79 Å². The van der Waals surface area contributed by atoms with E-state index in [1.54, 1.807) is 4.90 Å². The number of nitrogens with zero attached hydrogens (tertiary/aromatic N) is 1. The van der Waals surface area contributed by atoms with Crippen LogP contribution in [0.1, 0.15) is 32.8 Å². The molecule has 1 N–H and O–H groups in total. The predicted molar refractivity (Wildman–Crippen MR) is 84.5 cm³/mol. The molecule has 1 fully saturated rings. The van der Waals surface area contributed by atoms with Crippen molar-refractivity contribution in [3.63, 3.8) is 0 Å². The van der Waals surface area contributed by atoms with Gasteiger partial charge in [0.05, 0.1) is 6.04 Å². The monoisotopic (exact) mass is 304 g/mol. The molecule has 120 valence electrons. The van der Waals surface area contributed by atoms with E-state index in [0.717, 1.165) is 5.56 Å². The average molecular weight is 304 g/mol. The van der Waals surface area contributed by atoms with Crippen molar-refractivity contribution in [1.29, 1.82) is 0 Å². The second-order valence-corrected chi connectivity index (χ2v) is 6.57. The SMILES string of the molecule is CC(C)(C)OC(=O)N1CCC(=O)NCC1Cc1ccccc1. The standard InChI is InChI=1S/C17H24N2O3/c1-17(2,3)22-16(21)19-10-9-15(20)18-12-14(19)11-13-7-5-4-6-8-13/h4-8,14H,9-12H2,1-3H3,(H,18,20). The largest absolute Gasteiger partial charge is 0.444 e. The van der Waals surface area contributed by atoms with Gasteiger partial charge < -0.3 is 15.0 Å². The quantitative estimate of drug-likeness (QED) is 0.912. The molecule has 1 heterocycles. The first-order chi connectivity index (χ1) is 10.3. The van der Waals surface area contributed by atoms with Crippen LogP contribution in [-0.2, 0) is 16.0 Å². The topological polar surface area (TPSA) is 58.6 Å². The van der Waals surface area contributed by atoms with E-state index >= 15 is 0 Å². The fourth-order valence-electron chi connectivity index (χ4n) is 2.46. The minimum absolute atomic E-state index is 0.0240. The van der Waals surface area contributed by atoms with Gasteiger partial charge in [-0.1, -0.05) is 30.3 Å². The molecule has 0 saturated carbocycles. The van der Waals surface area contributed by atoms with E-state index in [-0.39, 0.29) is 18.0 Å². The lowest BCUT2D eigenvalue weighted by molar-refractivity contribution is -0.120. The zero-order chi connectivity index (χ0) is 16.2. The number of hydrogen-bond donors (Lipinski definition) is 1. The number of carbonyl (C=O) groups is 2. The van der Waals surface area contributed by atoms with Crippen LogP contribution in [0.5, 0.6) is 0 Å². The lowest BCUT2D eigenvalue weighted by Gasteiger charge is -2.32. The summed E-state index contributed by atoms with van der Waals surface area (Å²) in [6, 6.07) is 9.87. The summed E-state index contributed by atoms with van der Waals surface area (Å²) in [5, 5.41) is 2.87. The summed E-state index contributed by atoms with van der Waals surface area (Å²) in [6.07, 6.45) is 0.648. The van der Waals surface area contributed by atoms with Crippen LogP contribution >= 0.6 is 0 Å². The molecule has 1 aliphatic heterocycles. The smallest absolute Gasteiger partial charge is 0.410 e. The van der Waals surface area contributed by atoms with Crippen LogP contribution in [0, 0.1) is 0 Å². The number of hydrogen-bond acceptors (Lipinski definition) is 3. The summed E-state index contributed by atoms with van der Waals surface area (Å²) in [6.45, 7) is 6.38. The molecule has 0 spiro atoms. The number of rotatable bonds is 2. The third-order valence-electron chi connectivity index (χ3n) is 3.50. The van der Waals surface area contributed by atoms with Crippen LogP contribution in [0.25, 0.3) is 0 Å². The Morgan fingerprint density at radius 2 is 2.00 bits per heavy atom. The van der Waals surface area contributed by atoms with Crippen LogP contribution < -0.4 is 5.32 Å². The summed E-state index contributed by atoms with van der Waals surface area (Å²) in [5.74, 6) is -0.0240. The second kappa shape index (κ2) is 6.81. The molecule has 0 radical (unpaired) electrons. The fraction of sp³-hybridized carbons (Fsp3) is 0.529. The van der Waals surface area contributed by atoms with Crippen LogP contribution in [0.3, 0.4) is 0 Å². The molecule has 22 heavy (non-hydrogen) atoms. The molecule has 1 aromatic rings. The molecule has 1 saturated heterocycles. The number of amides is 2. The number of carbonyl (C=O) groups excluding carboxylic acids is 2. The van der Waals surface area contributed by atoms with E-state index in [2.05, 4.69) is 5.32 Å². The van der Waals surface area contributed by atoms with E-state index in [0.29, 0.717) is 25.9 Å². The normalized spacial score (nSPS) is 19.3. The van der Waals surface area contributed by atoms with Crippen molar-refractivity contribution in [3.8, 4) is 0 Å². The number of ether oxygens (including phenoxy) is 1. The summed E-state index contributed by atoms with van der Waals surface area (Å²) < 4.78 is 5.48. The molecule has 0 bridgehead atoms. The van der Waals surface area contributed by atoms with Gasteiger partial charge in [-0.15, -0.1) is 0 Å². The van der Waals surface area contributed by atoms with Crippen molar-refractivity contribution in [2.45, 2.75) is 45.3 Å². The first-order valence-electron chi connectivity index (χ1n) is 7.65. The Bertz CT molecular complexity index is 522. The molecular weight excluding hydrogens is 280 g/mol. The molecular formula is C17H24N2O3. The Morgan fingerprint density at radius 1 is 1.32 bits per heavy atom. The minimum atomic E-state index is -0.544.